The molecule has 1 spiro atoms. The number of fused-ring (bicyclic) bond motifs is 2. The summed E-state index contributed by atoms with van der Waals surface area (Å²) in [5.41, 5.74) is -0.681. The number of morpholine rings is 1. The first-order valence-electron chi connectivity index (χ1n) is 17.4. The second-order valence-electron chi connectivity index (χ2n) is 13.6. The Labute approximate surface area is 295 Å². The topological polar surface area (TPSA) is 138 Å². The predicted octanol–water partition coefficient (Wildman–Crippen LogP) is 2.18. The predicted molar refractivity (Wildman–Crippen MR) is 183 cm³/mol. The monoisotopic (exact) mass is 742 g/mol. The number of benzene rings is 1. The summed E-state index contributed by atoms with van der Waals surface area (Å²) in [6.45, 7) is 7.50. The van der Waals surface area contributed by atoms with E-state index in [1.807, 2.05) is 56.3 Å². The fourth-order valence-corrected chi connectivity index (χ4v) is 8.64. The van der Waals surface area contributed by atoms with Gasteiger partial charge in [0.15, 0.2) is 0 Å². The molecule has 5 aliphatic heterocycles. The summed E-state index contributed by atoms with van der Waals surface area (Å²) in [4.78, 5) is 62.5. The van der Waals surface area contributed by atoms with Crippen LogP contribution in [0.1, 0.15) is 44.7 Å². The summed E-state index contributed by atoms with van der Waals surface area (Å²) < 4.78 is 18.5. The molecule has 6 rings (SSSR count). The van der Waals surface area contributed by atoms with Crippen molar-refractivity contribution < 1.29 is 38.5 Å². The van der Waals surface area contributed by atoms with Gasteiger partial charge >= 0.3 is 5.97 Å². The van der Waals surface area contributed by atoms with Crippen LogP contribution in [0.4, 0.5) is 0 Å². The van der Waals surface area contributed by atoms with E-state index in [-0.39, 0.29) is 43.9 Å². The molecular formula is C36H47BrN4O8. The fraction of sp³-hybridized carbons (Fsp3) is 0.611. The van der Waals surface area contributed by atoms with E-state index in [2.05, 4.69) is 26.1 Å². The highest BCUT2D eigenvalue weighted by molar-refractivity contribution is 9.11. The summed E-state index contributed by atoms with van der Waals surface area (Å²) in [6.07, 6.45) is 5.98. The molecule has 0 aromatic heterocycles. The standard InChI is InChI=1S/C36H47BrN4O8/c1-3-23(2)27(21-42)41-32-35(46)40(15-14-39-16-18-47-19-17-39)13-9-5-8-12-28(43)48-22-26(24-10-6-4-7-11-24)38-33(44)29-30(34(41)45)36(32)20-25(37)31(29)49-36/h4-7,9-11,20,23,26-27,29-32,42H,3,8,12-19,21-22H2,1-2H3,(H,38,44)/b9-5-/t23-,26-,27-,29-,30+,31-,32-,36+/m0/s1. The van der Waals surface area contributed by atoms with E-state index in [1.165, 1.54) is 4.90 Å². The third kappa shape index (κ3) is 6.97. The minimum atomic E-state index is -1.43. The lowest BCUT2D eigenvalue weighted by molar-refractivity contribution is -0.152. The van der Waals surface area contributed by atoms with Crippen LogP contribution in [0.25, 0.3) is 0 Å². The number of likely N-dealkylation sites (tertiary alicyclic amines) is 1. The van der Waals surface area contributed by atoms with Gasteiger partial charge in [-0.05, 0) is 24.0 Å². The number of esters is 1. The van der Waals surface area contributed by atoms with Crippen molar-refractivity contribution in [1.29, 1.82) is 0 Å². The van der Waals surface area contributed by atoms with E-state index in [1.54, 1.807) is 11.0 Å². The number of rotatable bonds is 8. The van der Waals surface area contributed by atoms with Crippen LogP contribution in [0.15, 0.2) is 53.0 Å². The Morgan fingerprint density at radius 2 is 1.82 bits per heavy atom. The van der Waals surface area contributed by atoms with Crippen LogP contribution in [0, 0.1) is 17.8 Å². The molecule has 8 atom stereocenters. The van der Waals surface area contributed by atoms with Gasteiger partial charge in [-0.15, -0.1) is 0 Å². The Hall–Kier alpha value is -3.10. The zero-order valence-corrected chi connectivity index (χ0v) is 29.8. The molecule has 0 radical (unpaired) electrons. The number of amides is 3. The number of cyclic esters (lactones) is 1. The van der Waals surface area contributed by atoms with Crippen molar-refractivity contribution in [2.24, 2.45) is 17.8 Å². The van der Waals surface area contributed by atoms with E-state index >= 15 is 4.79 Å². The van der Waals surface area contributed by atoms with E-state index in [9.17, 15) is 19.5 Å². The van der Waals surface area contributed by atoms with Crippen molar-refractivity contribution in [3.05, 3.63) is 58.6 Å². The molecule has 0 unspecified atom stereocenters. The number of halogens is 1. The minimum absolute atomic E-state index is 0.0829. The first-order chi connectivity index (χ1) is 23.7. The molecule has 12 nitrogen and oxygen atoms in total. The SMILES string of the molecule is CC[C@H](C)[C@H](CO)N1C(=O)[C@H]2[C@@H]3C(=O)N[C@H](c4ccccc4)COC(=O)CC/C=C\CN(CCN4CCOCC4)C(=O)[C@H]1[C@@]21C=C(Br)[C@@H]3O1. The summed E-state index contributed by atoms with van der Waals surface area (Å²) in [6, 6.07) is 6.80. The van der Waals surface area contributed by atoms with Crippen LogP contribution in [0.3, 0.4) is 0 Å². The highest BCUT2D eigenvalue weighted by atomic mass is 79.9. The molecule has 0 saturated carbocycles. The third-order valence-corrected chi connectivity index (χ3v) is 11.5. The van der Waals surface area contributed by atoms with E-state index in [4.69, 9.17) is 14.2 Å². The lowest BCUT2D eigenvalue weighted by Gasteiger charge is -2.40. The number of nitrogens with one attached hydrogen (secondary N) is 1. The highest BCUT2D eigenvalue weighted by Gasteiger charge is 2.75. The fourth-order valence-electron chi connectivity index (χ4n) is 7.90. The van der Waals surface area contributed by atoms with Gasteiger partial charge in [0.25, 0.3) is 0 Å². The molecular weight excluding hydrogens is 696 g/mol. The molecule has 5 bridgehead atoms. The Balaban J connectivity index is 1.42. The average molecular weight is 744 g/mol. The third-order valence-electron chi connectivity index (χ3n) is 10.8. The van der Waals surface area contributed by atoms with E-state index in [0.29, 0.717) is 43.6 Å². The first-order valence-corrected chi connectivity index (χ1v) is 18.2. The summed E-state index contributed by atoms with van der Waals surface area (Å²) in [7, 11) is 0. The number of aliphatic hydroxyl groups is 1. The van der Waals surface area contributed by atoms with Crippen LogP contribution < -0.4 is 5.32 Å². The largest absolute Gasteiger partial charge is 0.463 e. The minimum Gasteiger partial charge on any atom is -0.463 e. The lowest BCUT2D eigenvalue weighted by atomic mass is 9.74. The van der Waals surface area contributed by atoms with Gasteiger partial charge in [-0.3, -0.25) is 24.1 Å². The molecule has 5 aliphatic rings. The summed E-state index contributed by atoms with van der Waals surface area (Å²) >= 11 is 3.63. The summed E-state index contributed by atoms with van der Waals surface area (Å²) in [5, 5.41) is 13.8. The molecule has 2 N–H and O–H groups in total. The van der Waals surface area contributed by atoms with Crippen molar-refractivity contribution in [2.75, 3.05) is 59.2 Å². The van der Waals surface area contributed by atoms with Crippen LogP contribution in [-0.4, -0.2) is 126 Å². The molecule has 3 saturated heterocycles. The Kier molecular flexibility index (Phi) is 11.2. The number of nitrogens with zero attached hydrogens (tertiary/aromatic N) is 3. The normalized spacial score (nSPS) is 33.1. The number of carbonyl (C=O) groups is 4. The maximum atomic E-state index is 15.0. The van der Waals surface area contributed by atoms with Gasteiger partial charge < -0.3 is 34.4 Å². The Bertz CT molecular complexity index is 1450. The van der Waals surface area contributed by atoms with E-state index < -0.39 is 53.5 Å². The molecule has 5 heterocycles. The van der Waals surface area contributed by atoms with Crippen molar-refractivity contribution in [2.45, 2.75) is 62.9 Å². The van der Waals surface area contributed by atoms with Gasteiger partial charge in [-0.2, -0.15) is 0 Å². The van der Waals surface area contributed by atoms with Gasteiger partial charge in [0, 0.05) is 43.6 Å². The van der Waals surface area contributed by atoms with E-state index in [0.717, 1.165) is 18.7 Å². The number of aliphatic hydroxyl groups excluding tert-OH is 1. The van der Waals surface area contributed by atoms with Crippen molar-refractivity contribution in [1.82, 2.24) is 20.0 Å². The number of hydrogen-bond donors (Lipinski definition) is 2. The molecule has 49 heavy (non-hydrogen) atoms. The molecule has 13 heteroatoms. The van der Waals surface area contributed by atoms with Gasteiger partial charge in [0.2, 0.25) is 17.7 Å². The molecule has 3 amide bonds. The summed E-state index contributed by atoms with van der Waals surface area (Å²) in [5.74, 6) is -3.63. The lowest BCUT2D eigenvalue weighted by Crippen LogP contribution is -2.60. The van der Waals surface area contributed by atoms with Gasteiger partial charge in [0.1, 0.15) is 24.4 Å². The first kappa shape index (κ1) is 35.7. The maximum Gasteiger partial charge on any atom is 0.306 e. The van der Waals surface area contributed by atoms with Crippen LogP contribution in [0.2, 0.25) is 0 Å². The maximum absolute atomic E-state index is 15.0. The van der Waals surface area contributed by atoms with Crippen molar-refractivity contribution in [3.8, 4) is 0 Å². The number of carbonyl (C=O) groups excluding carboxylic acids is 4. The molecule has 266 valence electrons. The van der Waals surface area contributed by atoms with Crippen LogP contribution >= 0.6 is 15.9 Å². The van der Waals surface area contributed by atoms with Crippen LogP contribution in [-0.2, 0) is 33.4 Å². The smallest absolute Gasteiger partial charge is 0.306 e. The number of ether oxygens (including phenoxy) is 3. The second kappa shape index (κ2) is 15.4. The number of allylic oxidation sites excluding steroid dienone is 1. The van der Waals surface area contributed by atoms with Gasteiger partial charge in [-0.25, -0.2) is 0 Å². The van der Waals surface area contributed by atoms with Crippen LogP contribution in [0.5, 0.6) is 0 Å². The molecule has 0 aliphatic carbocycles. The quantitative estimate of drug-likeness (QED) is 0.303. The van der Waals surface area contributed by atoms with Gasteiger partial charge in [-0.1, -0.05) is 78.7 Å². The Morgan fingerprint density at radius 3 is 2.53 bits per heavy atom. The zero-order valence-electron chi connectivity index (χ0n) is 28.2. The average Bonchev–Trinajstić information content (AvgIpc) is 3.71. The van der Waals surface area contributed by atoms with Crippen molar-refractivity contribution >= 4 is 39.6 Å². The Morgan fingerprint density at radius 1 is 1.06 bits per heavy atom. The second-order valence-corrected chi connectivity index (χ2v) is 14.5. The molecule has 3 fully saturated rings. The zero-order chi connectivity index (χ0) is 34.7. The molecule has 1 aromatic rings. The van der Waals surface area contributed by atoms with Crippen molar-refractivity contribution in [3.63, 3.8) is 0 Å². The highest BCUT2D eigenvalue weighted by Crippen LogP contribution is 2.59. The number of hydrogen-bond acceptors (Lipinski definition) is 9. The van der Waals surface area contributed by atoms with Gasteiger partial charge in [0.05, 0.1) is 43.7 Å². The molecule has 1 aromatic carbocycles.